The minimum atomic E-state index is -4.48. The van der Waals surface area contributed by atoms with Crippen LogP contribution in [0.3, 0.4) is 0 Å². The molecular weight excluding hydrogens is 336 g/mol. The molecule has 0 radical (unpaired) electrons. The number of nitrogens with zero attached hydrogens (tertiary/aromatic N) is 2. The Balaban J connectivity index is 1.77. The van der Waals surface area contributed by atoms with Crippen LogP contribution in [0.15, 0.2) is 24.3 Å². The molecule has 0 bridgehead atoms. The Bertz CT molecular complexity index is 659. The van der Waals surface area contributed by atoms with Crippen LogP contribution in [0, 0.1) is 11.7 Å². The first-order valence-electron chi connectivity index (χ1n) is 8.46. The molecule has 25 heavy (non-hydrogen) atoms. The van der Waals surface area contributed by atoms with Crippen molar-refractivity contribution in [3.8, 4) is 0 Å². The number of hydrogen-bond donors (Lipinski definition) is 0. The summed E-state index contributed by atoms with van der Waals surface area (Å²) in [5, 5.41) is 0. The fourth-order valence-electron chi connectivity index (χ4n) is 4.43. The molecule has 2 aliphatic heterocycles. The molecule has 1 aromatic carbocycles. The van der Waals surface area contributed by atoms with Gasteiger partial charge in [0.1, 0.15) is 12.2 Å². The van der Waals surface area contributed by atoms with E-state index in [0.29, 0.717) is 19.5 Å². The first-order valence-corrected chi connectivity index (χ1v) is 8.46. The quantitative estimate of drug-likeness (QED) is 0.747. The average Bonchev–Trinajstić information content (AvgIpc) is 2.74. The SMILES string of the molecule is CC1(C)C[C@@H]2CN(C(=O)CC(F)(F)F)CC[C@@H]2N1c1cccc(F)c1. The van der Waals surface area contributed by atoms with Gasteiger partial charge in [-0.15, -0.1) is 0 Å². The Labute approximate surface area is 144 Å². The van der Waals surface area contributed by atoms with Crippen LogP contribution in [0.2, 0.25) is 0 Å². The van der Waals surface area contributed by atoms with Gasteiger partial charge in [-0.05, 0) is 50.8 Å². The molecule has 1 aromatic rings. The van der Waals surface area contributed by atoms with Crippen LogP contribution in [0.4, 0.5) is 23.2 Å². The second-order valence-electron chi connectivity index (χ2n) is 7.61. The maximum absolute atomic E-state index is 13.6. The maximum Gasteiger partial charge on any atom is 0.397 e. The normalized spacial score (nSPS) is 25.8. The van der Waals surface area contributed by atoms with E-state index in [-0.39, 0.29) is 23.3 Å². The summed E-state index contributed by atoms with van der Waals surface area (Å²) in [5.41, 5.74) is 0.541. The summed E-state index contributed by atoms with van der Waals surface area (Å²) >= 11 is 0. The minimum absolute atomic E-state index is 0.0872. The van der Waals surface area contributed by atoms with Crippen molar-refractivity contribution in [3.05, 3.63) is 30.1 Å². The van der Waals surface area contributed by atoms with Gasteiger partial charge in [0.25, 0.3) is 0 Å². The highest BCUT2D eigenvalue weighted by atomic mass is 19.4. The monoisotopic (exact) mass is 358 g/mol. The summed E-state index contributed by atoms with van der Waals surface area (Å²) in [6.07, 6.45) is -4.53. The van der Waals surface area contributed by atoms with E-state index in [0.717, 1.165) is 12.1 Å². The van der Waals surface area contributed by atoms with E-state index in [2.05, 4.69) is 18.7 Å². The minimum Gasteiger partial charge on any atom is -0.363 e. The second kappa shape index (κ2) is 6.18. The van der Waals surface area contributed by atoms with Crippen LogP contribution >= 0.6 is 0 Å². The zero-order chi connectivity index (χ0) is 18.4. The van der Waals surface area contributed by atoms with Crippen molar-refractivity contribution in [2.24, 2.45) is 5.92 Å². The van der Waals surface area contributed by atoms with Crippen molar-refractivity contribution in [2.45, 2.75) is 50.9 Å². The number of likely N-dealkylation sites (tertiary alicyclic amines) is 1. The largest absolute Gasteiger partial charge is 0.397 e. The molecule has 0 saturated carbocycles. The van der Waals surface area contributed by atoms with E-state index in [1.54, 1.807) is 6.07 Å². The Morgan fingerprint density at radius 2 is 2.04 bits per heavy atom. The van der Waals surface area contributed by atoms with Gasteiger partial charge in [0, 0.05) is 30.4 Å². The lowest BCUT2D eigenvalue weighted by Gasteiger charge is -2.42. The van der Waals surface area contributed by atoms with Gasteiger partial charge in [0.2, 0.25) is 5.91 Å². The van der Waals surface area contributed by atoms with E-state index < -0.39 is 18.5 Å². The van der Waals surface area contributed by atoms with Gasteiger partial charge >= 0.3 is 6.18 Å². The summed E-state index contributed by atoms with van der Waals surface area (Å²) < 4.78 is 51.1. The number of hydrogen-bond acceptors (Lipinski definition) is 2. The topological polar surface area (TPSA) is 23.6 Å². The van der Waals surface area contributed by atoms with Crippen molar-refractivity contribution >= 4 is 11.6 Å². The molecule has 0 aromatic heterocycles. The van der Waals surface area contributed by atoms with Crippen molar-refractivity contribution in [1.82, 2.24) is 4.90 Å². The number of fused-ring (bicyclic) bond motifs is 1. The molecule has 2 heterocycles. The van der Waals surface area contributed by atoms with Gasteiger partial charge in [0.15, 0.2) is 0 Å². The summed E-state index contributed by atoms with van der Waals surface area (Å²) in [4.78, 5) is 15.4. The molecule has 1 amide bonds. The van der Waals surface area contributed by atoms with Crippen molar-refractivity contribution in [2.75, 3.05) is 18.0 Å². The van der Waals surface area contributed by atoms with Crippen LogP contribution in [0.1, 0.15) is 33.1 Å². The molecule has 2 fully saturated rings. The lowest BCUT2D eigenvalue weighted by atomic mass is 9.89. The molecule has 3 nitrogen and oxygen atoms in total. The molecule has 0 unspecified atom stereocenters. The standard InChI is InChI=1S/C18H22F4N2O/c1-17(2)9-12-11-23(16(25)10-18(20,21)22)7-6-15(12)24(17)14-5-3-4-13(19)8-14/h3-5,8,12,15H,6-7,9-11H2,1-2H3/t12-,15+/m1/s1. The number of carbonyl (C=O) groups is 1. The van der Waals surface area contributed by atoms with E-state index in [9.17, 15) is 22.4 Å². The molecule has 2 saturated heterocycles. The van der Waals surface area contributed by atoms with E-state index in [1.165, 1.54) is 17.0 Å². The van der Waals surface area contributed by atoms with Crippen molar-refractivity contribution < 1.29 is 22.4 Å². The third kappa shape index (κ3) is 3.75. The van der Waals surface area contributed by atoms with Crippen LogP contribution in [-0.4, -0.2) is 41.7 Å². The van der Waals surface area contributed by atoms with Crippen LogP contribution < -0.4 is 4.90 Å². The molecule has 0 N–H and O–H groups in total. The zero-order valence-corrected chi connectivity index (χ0v) is 14.3. The Morgan fingerprint density at radius 1 is 1.32 bits per heavy atom. The predicted octanol–water partition coefficient (Wildman–Crippen LogP) is 3.98. The van der Waals surface area contributed by atoms with Gasteiger partial charge in [-0.1, -0.05) is 6.07 Å². The molecular formula is C18H22F4N2O. The molecule has 3 rings (SSSR count). The molecule has 0 spiro atoms. The zero-order valence-electron chi connectivity index (χ0n) is 14.3. The Kier molecular flexibility index (Phi) is 4.45. The van der Waals surface area contributed by atoms with Crippen LogP contribution in [0.25, 0.3) is 0 Å². The third-order valence-electron chi connectivity index (χ3n) is 5.23. The van der Waals surface area contributed by atoms with E-state index >= 15 is 0 Å². The second-order valence-corrected chi connectivity index (χ2v) is 7.61. The number of alkyl halides is 3. The lowest BCUT2D eigenvalue weighted by Crippen LogP contribution is -2.50. The third-order valence-corrected chi connectivity index (χ3v) is 5.23. The van der Waals surface area contributed by atoms with Gasteiger partial charge in [-0.3, -0.25) is 4.79 Å². The summed E-state index contributed by atoms with van der Waals surface area (Å²) in [5.74, 6) is -1.08. The van der Waals surface area contributed by atoms with Crippen molar-refractivity contribution in [1.29, 1.82) is 0 Å². The van der Waals surface area contributed by atoms with E-state index in [1.807, 2.05) is 6.07 Å². The van der Waals surface area contributed by atoms with Gasteiger partial charge in [-0.2, -0.15) is 13.2 Å². The first kappa shape index (κ1) is 18.0. The smallest absolute Gasteiger partial charge is 0.363 e. The van der Waals surface area contributed by atoms with Crippen LogP contribution in [0.5, 0.6) is 0 Å². The fraction of sp³-hybridized carbons (Fsp3) is 0.611. The van der Waals surface area contributed by atoms with Crippen LogP contribution in [-0.2, 0) is 4.79 Å². The lowest BCUT2D eigenvalue weighted by molar-refractivity contribution is -0.162. The molecule has 7 heteroatoms. The van der Waals surface area contributed by atoms with E-state index in [4.69, 9.17) is 0 Å². The summed E-state index contributed by atoms with van der Waals surface area (Å²) in [7, 11) is 0. The highest BCUT2D eigenvalue weighted by Crippen LogP contribution is 2.44. The van der Waals surface area contributed by atoms with Crippen molar-refractivity contribution in [3.63, 3.8) is 0 Å². The maximum atomic E-state index is 13.6. The van der Waals surface area contributed by atoms with Gasteiger partial charge in [-0.25, -0.2) is 4.39 Å². The first-order chi connectivity index (χ1) is 11.6. The Morgan fingerprint density at radius 3 is 2.68 bits per heavy atom. The average molecular weight is 358 g/mol. The summed E-state index contributed by atoms with van der Waals surface area (Å²) in [6.45, 7) is 4.74. The predicted molar refractivity (Wildman–Crippen MR) is 86.7 cm³/mol. The number of halogens is 4. The summed E-state index contributed by atoms with van der Waals surface area (Å²) in [6, 6.07) is 6.50. The number of carbonyl (C=O) groups excluding carboxylic acids is 1. The number of rotatable bonds is 2. The van der Waals surface area contributed by atoms with Gasteiger partial charge < -0.3 is 9.80 Å². The highest BCUT2D eigenvalue weighted by molar-refractivity contribution is 5.77. The number of amides is 1. The number of benzene rings is 1. The number of anilines is 1. The molecule has 2 aliphatic rings. The van der Waals surface area contributed by atoms with Gasteiger partial charge in [0.05, 0.1) is 0 Å². The number of piperidine rings is 1. The molecule has 0 aliphatic carbocycles. The fourth-order valence-corrected chi connectivity index (χ4v) is 4.43. The molecule has 138 valence electrons. The highest BCUT2D eigenvalue weighted by Gasteiger charge is 2.49. The molecule has 2 atom stereocenters. The Hall–Kier alpha value is -1.79.